The van der Waals surface area contributed by atoms with Crippen molar-refractivity contribution in [1.82, 2.24) is 15.3 Å². The molecule has 1 unspecified atom stereocenters. The molecule has 1 fully saturated rings. The highest BCUT2D eigenvalue weighted by Crippen LogP contribution is 2.24. The third-order valence-electron chi connectivity index (χ3n) is 3.54. The van der Waals surface area contributed by atoms with E-state index in [1.54, 1.807) is 6.33 Å². The molecule has 1 aliphatic rings. The van der Waals surface area contributed by atoms with E-state index < -0.39 is 0 Å². The van der Waals surface area contributed by atoms with E-state index in [9.17, 15) is 0 Å². The Kier molecular flexibility index (Phi) is 5.59. The van der Waals surface area contributed by atoms with Gasteiger partial charge in [0.25, 0.3) is 0 Å². The Morgan fingerprint density at radius 3 is 3.00 bits per heavy atom. The van der Waals surface area contributed by atoms with E-state index in [1.165, 1.54) is 19.3 Å². The lowest BCUT2D eigenvalue weighted by Gasteiger charge is -2.36. The van der Waals surface area contributed by atoms with Crippen LogP contribution in [0.1, 0.15) is 40.0 Å². The van der Waals surface area contributed by atoms with Crippen LogP contribution in [0.2, 0.25) is 0 Å². The Morgan fingerprint density at radius 2 is 2.25 bits per heavy atom. The third-order valence-corrected chi connectivity index (χ3v) is 3.54. The highest BCUT2D eigenvalue weighted by Gasteiger charge is 2.23. The first-order valence-corrected chi connectivity index (χ1v) is 7.66. The molecule has 0 saturated carbocycles. The molecule has 2 rings (SSSR count). The molecular weight excluding hydrogens is 252 g/mol. The van der Waals surface area contributed by atoms with Crippen LogP contribution in [0.4, 0.5) is 5.82 Å². The molecule has 0 aromatic carbocycles. The zero-order valence-electron chi connectivity index (χ0n) is 12.8. The fourth-order valence-electron chi connectivity index (χ4n) is 2.62. The Labute approximate surface area is 121 Å². The fraction of sp³-hybridized carbons (Fsp3) is 0.733. The molecule has 1 aliphatic heterocycles. The van der Waals surface area contributed by atoms with E-state index in [0.29, 0.717) is 11.9 Å². The molecule has 5 heteroatoms. The summed E-state index contributed by atoms with van der Waals surface area (Å²) >= 11 is 0. The molecule has 1 aromatic rings. The molecule has 2 heterocycles. The van der Waals surface area contributed by atoms with Gasteiger partial charge in [-0.3, -0.25) is 0 Å². The van der Waals surface area contributed by atoms with Crippen LogP contribution in [0, 0.1) is 0 Å². The van der Waals surface area contributed by atoms with Crippen molar-refractivity contribution in [2.45, 2.75) is 52.2 Å². The van der Waals surface area contributed by atoms with Crippen LogP contribution in [0.3, 0.4) is 0 Å². The van der Waals surface area contributed by atoms with Gasteiger partial charge in [0.2, 0.25) is 5.88 Å². The SMILES string of the molecule is CCNCC1CCCCN1c1cc(OC(C)C)ncn1. The molecule has 0 bridgehead atoms. The van der Waals surface area contributed by atoms with Gasteiger partial charge in [0.15, 0.2) is 0 Å². The van der Waals surface area contributed by atoms with Crippen molar-refractivity contribution in [1.29, 1.82) is 0 Å². The van der Waals surface area contributed by atoms with Gasteiger partial charge in [-0.05, 0) is 39.7 Å². The summed E-state index contributed by atoms with van der Waals surface area (Å²) in [5.74, 6) is 1.65. The smallest absolute Gasteiger partial charge is 0.218 e. The van der Waals surface area contributed by atoms with Gasteiger partial charge in [-0.1, -0.05) is 6.92 Å². The summed E-state index contributed by atoms with van der Waals surface area (Å²) in [6.45, 7) is 9.25. The van der Waals surface area contributed by atoms with Crippen LogP contribution in [-0.4, -0.2) is 41.7 Å². The van der Waals surface area contributed by atoms with Gasteiger partial charge >= 0.3 is 0 Å². The van der Waals surface area contributed by atoms with Gasteiger partial charge in [-0.2, -0.15) is 0 Å². The van der Waals surface area contributed by atoms with Gasteiger partial charge in [0.1, 0.15) is 12.1 Å². The highest BCUT2D eigenvalue weighted by atomic mass is 16.5. The number of hydrogen-bond acceptors (Lipinski definition) is 5. The maximum atomic E-state index is 5.67. The van der Waals surface area contributed by atoms with Gasteiger partial charge in [-0.25, -0.2) is 9.97 Å². The number of piperidine rings is 1. The maximum absolute atomic E-state index is 5.67. The van der Waals surface area contributed by atoms with Crippen molar-refractivity contribution in [3.05, 3.63) is 12.4 Å². The van der Waals surface area contributed by atoms with Gasteiger partial charge in [0, 0.05) is 25.2 Å². The number of aromatic nitrogens is 2. The molecule has 1 saturated heterocycles. The van der Waals surface area contributed by atoms with E-state index in [1.807, 2.05) is 19.9 Å². The minimum Gasteiger partial charge on any atom is -0.475 e. The van der Waals surface area contributed by atoms with E-state index in [-0.39, 0.29) is 6.10 Å². The van der Waals surface area contributed by atoms with Crippen molar-refractivity contribution in [3.63, 3.8) is 0 Å². The van der Waals surface area contributed by atoms with Crippen LogP contribution in [-0.2, 0) is 0 Å². The lowest BCUT2D eigenvalue weighted by Crippen LogP contribution is -2.46. The molecule has 0 aliphatic carbocycles. The number of hydrogen-bond donors (Lipinski definition) is 1. The minimum atomic E-state index is 0.136. The number of nitrogens with one attached hydrogen (secondary N) is 1. The van der Waals surface area contributed by atoms with Crippen LogP contribution in [0.5, 0.6) is 5.88 Å². The van der Waals surface area contributed by atoms with Gasteiger partial charge in [0.05, 0.1) is 6.10 Å². The van der Waals surface area contributed by atoms with Crippen LogP contribution in [0.25, 0.3) is 0 Å². The lowest BCUT2D eigenvalue weighted by molar-refractivity contribution is 0.232. The van der Waals surface area contributed by atoms with Crippen molar-refractivity contribution in [2.24, 2.45) is 0 Å². The summed E-state index contributed by atoms with van der Waals surface area (Å²) in [4.78, 5) is 11.0. The molecule has 112 valence electrons. The number of ether oxygens (including phenoxy) is 1. The normalized spacial score (nSPS) is 19.4. The molecule has 20 heavy (non-hydrogen) atoms. The van der Waals surface area contributed by atoms with E-state index >= 15 is 0 Å². The molecule has 0 amide bonds. The standard InChI is InChI=1S/C15H26N4O/c1-4-16-10-13-7-5-6-8-19(13)14-9-15(18-11-17-14)20-12(2)3/h9,11-13,16H,4-8,10H2,1-3H3. The summed E-state index contributed by atoms with van der Waals surface area (Å²) in [5.41, 5.74) is 0. The Morgan fingerprint density at radius 1 is 1.40 bits per heavy atom. The Balaban J connectivity index is 2.10. The first kappa shape index (κ1) is 15.0. The van der Waals surface area contributed by atoms with E-state index in [0.717, 1.165) is 25.5 Å². The molecule has 1 atom stereocenters. The molecule has 1 N–H and O–H groups in total. The largest absolute Gasteiger partial charge is 0.475 e. The summed E-state index contributed by atoms with van der Waals surface area (Å²) < 4.78 is 5.67. The summed E-state index contributed by atoms with van der Waals surface area (Å²) in [6.07, 6.45) is 5.49. The van der Waals surface area contributed by atoms with E-state index in [2.05, 4.69) is 27.1 Å². The first-order valence-electron chi connectivity index (χ1n) is 7.66. The first-order chi connectivity index (χ1) is 9.70. The van der Waals surface area contributed by atoms with Crippen molar-refractivity contribution < 1.29 is 4.74 Å². The van der Waals surface area contributed by atoms with Crippen LogP contribution >= 0.6 is 0 Å². The average Bonchev–Trinajstić information content (AvgIpc) is 2.45. The predicted molar refractivity (Wildman–Crippen MR) is 81.3 cm³/mol. The predicted octanol–water partition coefficient (Wildman–Crippen LogP) is 2.23. The topological polar surface area (TPSA) is 50.3 Å². The second kappa shape index (κ2) is 7.43. The maximum Gasteiger partial charge on any atom is 0.218 e. The monoisotopic (exact) mass is 278 g/mol. The van der Waals surface area contributed by atoms with E-state index in [4.69, 9.17) is 4.74 Å². The molecule has 0 radical (unpaired) electrons. The average molecular weight is 278 g/mol. The number of anilines is 1. The molecule has 0 spiro atoms. The van der Waals surface area contributed by atoms with Crippen molar-refractivity contribution in [2.75, 3.05) is 24.5 Å². The Hall–Kier alpha value is -1.36. The number of rotatable bonds is 6. The summed E-state index contributed by atoms with van der Waals surface area (Å²) in [5, 5.41) is 3.45. The highest BCUT2D eigenvalue weighted by molar-refractivity contribution is 5.42. The Bertz CT molecular complexity index is 411. The van der Waals surface area contributed by atoms with Gasteiger partial charge < -0.3 is 15.0 Å². The third kappa shape index (κ3) is 4.07. The summed E-state index contributed by atoms with van der Waals surface area (Å²) in [7, 11) is 0. The van der Waals surface area contributed by atoms with Crippen LogP contribution < -0.4 is 15.0 Å². The van der Waals surface area contributed by atoms with Crippen molar-refractivity contribution >= 4 is 5.82 Å². The second-order valence-electron chi connectivity index (χ2n) is 5.53. The number of nitrogens with zero attached hydrogens (tertiary/aromatic N) is 3. The second-order valence-corrected chi connectivity index (χ2v) is 5.53. The number of likely N-dealkylation sites (N-methyl/N-ethyl adjacent to an activating group) is 1. The van der Waals surface area contributed by atoms with Crippen LogP contribution in [0.15, 0.2) is 12.4 Å². The summed E-state index contributed by atoms with van der Waals surface area (Å²) in [6, 6.07) is 2.48. The van der Waals surface area contributed by atoms with Gasteiger partial charge in [-0.15, -0.1) is 0 Å². The lowest BCUT2D eigenvalue weighted by atomic mass is 10.0. The van der Waals surface area contributed by atoms with Crippen molar-refractivity contribution in [3.8, 4) is 5.88 Å². The molecule has 5 nitrogen and oxygen atoms in total. The minimum absolute atomic E-state index is 0.136. The zero-order valence-corrected chi connectivity index (χ0v) is 12.8. The zero-order chi connectivity index (χ0) is 14.4. The molecular formula is C15H26N4O. The fourth-order valence-corrected chi connectivity index (χ4v) is 2.62. The quantitative estimate of drug-likeness (QED) is 0.865. The molecule has 1 aromatic heterocycles.